The highest BCUT2D eigenvalue weighted by Crippen LogP contribution is 2.33. The van der Waals surface area contributed by atoms with E-state index < -0.39 is 0 Å². The fourth-order valence-electron chi connectivity index (χ4n) is 3.13. The van der Waals surface area contributed by atoms with E-state index in [9.17, 15) is 4.39 Å². The van der Waals surface area contributed by atoms with Crippen molar-refractivity contribution in [2.45, 2.75) is 39.0 Å². The molecule has 0 saturated heterocycles. The van der Waals surface area contributed by atoms with Crippen LogP contribution in [0.2, 0.25) is 5.02 Å². The minimum Gasteiger partial charge on any atom is -0.317 e. The van der Waals surface area contributed by atoms with Gasteiger partial charge in [-0.25, -0.2) is 4.39 Å². The van der Waals surface area contributed by atoms with Crippen molar-refractivity contribution in [1.29, 1.82) is 0 Å². The zero-order chi connectivity index (χ0) is 13.7. The number of hydrogen-bond donors (Lipinski definition) is 1. The quantitative estimate of drug-likeness (QED) is 0.814. The number of halogens is 2. The molecule has 1 aromatic rings. The van der Waals surface area contributed by atoms with Crippen molar-refractivity contribution < 1.29 is 4.39 Å². The highest BCUT2D eigenvalue weighted by atomic mass is 35.5. The molecule has 106 valence electrons. The van der Waals surface area contributed by atoms with Crippen molar-refractivity contribution in [1.82, 2.24) is 5.32 Å². The minimum atomic E-state index is -0.325. The number of nitrogens with one attached hydrogen (secondary N) is 1. The van der Waals surface area contributed by atoms with Crippen molar-refractivity contribution in [3.05, 3.63) is 34.6 Å². The maximum Gasteiger partial charge on any atom is 0.141 e. The highest BCUT2D eigenvalue weighted by molar-refractivity contribution is 6.30. The summed E-state index contributed by atoms with van der Waals surface area (Å²) in [6, 6.07) is 5.14. The van der Waals surface area contributed by atoms with Crippen LogP contribution in [0.1, 0.15) is 38.2 Å². The minimum absolute atomic E-state index is 0.242. The predicted octanol–water partition coefficient (Wildman–Crippen LogP) is 4.44. The van der Waals surface area contributed by atoms with Crippen LogP contribution in [-0.4, -0.2) is 13.1 Å². The Kier molecular flexibility index (Phi) is 5.65. The number of benzene rings is 1. The summed E-state index contributed by atoms with van der Waals surface area (Å²) in [5, 5.41) is 3.71. The molecule has 1 saturated carbocycles. The maximum atomic E-state index is 13.2. The molecule has 1 aromatic carbocycles. The Morgan fingerprint density at radius 3 is 2.74 bits per heavy atom. The van der Waals surface area contributed by atoms with E-state index >= 15 is 0 Å². The Labute approximate surface area is 120 Å². The second-order valence-corrected chi connectivity index (χ2v) is 5.97. The van der Waals surface area contributed by atoms with E-state index in [-0.39, 0.29) is 10.8 Å². The molecule has 1 unspecified atom stereocenters. The lowest BCUT2D eigenvalue weighted by Crippen LogP contribution is -2.28. The van der Waals surface area contributed by atoms with Crippen LogP contribution < -0.4 is 5.32 Å². The smallest absolute Gasteiger partial charge is 0.141 e. The molecule has 0 radical (unpaired) electrons. The summed E-state index contributed by atoms with van der Waals surface area (Å²) in [4.78, 5) is 0. The van der Waals surface area contributed by atoms with Crippen molar-refractivity contribution in [2.75, 3.05) is 13.1 Å². The van der Waals surface area contributed by atoms with Gasteiger partial charge in [0.1, 0.15) is 5.82 Å². The van der Waals surface area contributed by atoms with Crippen molar-refractivity contribution >= 4 is 11.6 Å². The molecule has 0 aliphatic heterocycles. The van der Waals surface area contributed by atoms with Crippen LogP contribution in [0, 0.1) is 17.7 Å². The van der Waals surface area contributed by atoms with Crippen LogP contribution in [0.3, 0.4) is 0 Å². The Bertz CT molecular complexity index is 402. The molecule has 0 amide bonds. The normalized spacial score (nSPS) is 17.8. The first-order valence-electron chi connectivity index (χ1n) is 7.35. The molecule has 1 atom stereocenters. The average molecular weight is 284 g/mol. The summed E-state index contributed by atoms with van der Waals surface area (Å²) in [6.45, 7) is 4.20. The molecule has 1 aliphatic rings. The lowest BCUT2D eigenvalue weighted by atomic mass is 9.85. The molecular formula is C16H23ClFN. The lowest BCUT2D eigenvalue weighted by Gasteiger charge is -2.24. The topological polar surface area (TPSA) is 12.0 Å². The van der Waals surface area contributed by atoms with Crippen LogP contribution in [0.25, 0.3) is 0 Å². The van der Waals surface area contributed by atoms with Crippen LogP contribution in [0.4, 0.5) is 4.39 Å². The Morgan fingerprint density at radius 1 is 1.37 bits per heavy atom. The summed E-state index contributed by atoms with van der Waals surface area (Å²) in [7, 11) is 0. The molecule has 1 fully saturated rings. The van der Waals surface area contributed by atoms with Gasteiger partial charge in [0.15, 0.2) is 0 Å². The third kappa shape index (κ3) is 4.19. The third-order valence-corrected chi connectivity index (χ3v) is 4.49. The van der Waals surface area contributed by atoms with E-state index in [1.165, 1.54) is 31.7 Å². The monoisotopic (exact) mass is 283 g/mol. The predicted molar refractivity (Wildman–Crippen MR) is 79.1 cm³/mol. The molecule has 19 heavy (non-hydrogen) atoms. The van der Waals surface area contributed by atoms with Crippen molar-refractivity contribution in [3.8, 4) is 0 Å². The average Bonchev–Trinajstić information content (AvgIpc) is 2.92. The van der Waals surface area contributed by atoms with E-state index in [1.807, 2.05) is 6.07 Å². The summed E-state index contributed by atoms with van der Waals surface area (Å²) < 4.78 is 13.2. The number of hydrogen-bond acceptors (Lipinski definition) is 1. The van der Waals surface area contributed by atoms with Gasteiger partial charge in [-0.2, -0.15) is 0 Å². The van der Waals surface area contributed by atoms with Gasteiger partial charge in [0.25, 0.3) is 0 Å². The second-order valence-electron chi connectivity index (χ2n) is 5.56. The first kappa shape index (κ1) is 14.8. The molecule has 1 N–H and O–H groups in total. The van der Waals surface area contributed by atoms with E-state index in [0.29, 0.717) is 5.92 Å². The lowest BCUT2D eigenvalue weighted by molar-refractivity contribution is 0.323. The van der Waals surface area contributed by atoms with Gasteiger partial charge in [0.2, 0.25) is 0 Å². The Balaban J connectivity index is 2.03. The van der Waals surface area contributed by atoms with Gasteiger partial charge < -0.3 is 5.32 Å². The van der Waals surface area contributed by atoms with Gasteiger partial charge in [-0.15, -0.1) is 0 Å². The largest absolute Gasteiger partial charge is 0.317 e. The van der Waals surface area contributed by atoms with Crippen molar-refractivity contribution in [3.63, 3.8) is 0 Å². The molecule has 0 bridgehead atoms. The van der Waals surface area contributed by atoms with E-state index in [4.69, 9.17) is 11.6 Å². The molecule has 1 nitrogen and oxygen atoms in total. The third-order valence-electron chi connectivity index (χ3n) is 4.20. The van der Waals surface area contributed by atoms with E-state index in [2.05, 4.69) is 12.2 Å². The molecule has 1 aliphatic carbocycles. The van der Waals surface area contributed by atoms with E-state index in [0.717, 1.165) is 31.0 Å². The van der Waals surface area contributed by atoms with Gasteiger partial charge in [0.05, 0.1) is 5.02 Å². The summed E-state index contributed by atoms with van der Waals surface area (Å²) in [6.07, 6.45) is 6.39. The first-order chi connectivity index (χ1) is 9.20. The van der Waals surface area contributed by atoms with E-state index in [1.54, 1.807) is 6.07 Å². The maximum absolute atomic E-state index is 13.2. The van der Waals surface area contributed by atoms with Crippen LogP contribution in [0.5, 0.6) is 0 Å². The summed E-state index contributed by atoms with van der Waals surface area (Å²) in [5.74, 6) is 1.13. The van der Waals surface area contributed by atoms with Crippen LogP contribution in [-0.2, 0) is 6.42 Å². The van der Waals surface area contributed by atoms with Gasteiger partial charge in [-0.3, -0.25) is 0 Å². The fraction of sp³-hybridized carbons (Fsp3) is 0.625. The molecule has 0 heterocycles. The SMILES string of the molecule is CCNCC(Cc1ccc(F)c(Cl)c1)C1CCCC1. The Morgan fingerprint density at radius 2 is 2.11 bits per heavy atom. The molecular weight excluding hydrogens is 261 g/mol. The number of rotatable bonds is 6. The second kappa shape index (κ2) is 7.25. The first-order valence-corrected chi connectivity index (χ1v) is 7.73. The zero-order valence-electron chi connectivity index (χ0n) is 11.6. The Hall–Kier alpha value is -0.600. The molecule has 2 rings (SSSR count). The van der Waals surface area contributed by atoms with Crippen LogP contribution >= 0.6 is 11.6 Å². The fourth-order valence-corrected chi connectivity index (χ4v) is 3.34. The molecule has 0 aromatic heterocycles. The van der Waals surface area contributed by atoms with Gasteiger partial charge in [-0.1, -0.05) is 50.3 Å². The van der Waals surface area contributed by atoms with Gasteiger partial charge >= 0.3 is 0 Å². The highest BCUT2D eigenvalue weighted by Gasteiger charge is 2.24. The molecule has 0 spiro atoms. The summed E-state index contributed by atoms with van der Waals surface area (Å²) >= 11 is 5.87. The molecule has 3 heteroatoms. The van der Waals surface area contributed by atoms with Gasteiger partial charge in [-0.05, 0) is 49.0 Å². The van der Waals surface area contributed by atoms with Crippen LogP contribution in [0.15, 0.2) is 18.2 Å². The summed E-state index contributed by atoms with van der Waals surface area (Å²) in [5.41, 5.74) is 1.15. The van der Waals surface area contributed by atoms with Gasteiger partial charge in [0, 0.05) is 0 Å². The van der Waals surface area contributed by atoms with Crippen molar-refractivity contribution in [2.24, 2.45) is 11.8 Å². The standard InChI is InChI=1S/C16H23ClFN/c1-2-19-11-14(13-5-3-4-6-13)9-12-7-8-16(18)15(17)10-12/h7-8,10,13-14,19H,2-6,9,11H2,1H3. The zero-order valence-corrected chi connectivity index (χ0v) is 12.3.